The third-order valence-corrected chi connectivity index (χ3v) is 1.14. The molecule has 0 amide bonds. The van der Waals surface area contributed by atoms with Gasteiger partial charge in [-0.3, -0.25) is 4.98 Å². The van der Waals surface area contributed by atoms with Gasteiger partial charge in [0.25, 0.3) is 0 Å². The van der Waals surface area contributed by atoms with Crippen LogP contribution in [0.5, 0.6) is 5.75 Å². The summed E-state index contributed by atoms with van der Waals surface area (Å²) in [7, 11) is 1.53. The molecule has 53 valence electrons. The number of methoxy groups -OCH3 is 1. The lowest BCUT2D eigenvalue weighted by molar-refractivity contribution is 0.378. The molecule has 1 N–H and O–H groups in total. The average Bonchev–Trinajstić information content (AvgIpc) is 2.04. The second-order valence-electron chi connectivity index (χ2n) is 1.72. The number of nitrogens with zero attached hydrogens (tertiary/aromatic N) is 1. The Hall–Kier alpha value is -1.09. The first-order valence-corrected chi connectivity index (χ1v) is 2.85. The van der Waals surface area contributed by atoms with E-state index in [1.54, 1.807) is 18.3 Å². The zero-order chi connectivity index (χ0) is 7.40. The molecule has 0 aliphatic carbocycles. The molecule has 1 rings (SSSR count). The number of hydrogen-bond acceptors (Lipinski definition) is 3. The fourth-order valence-electron chi connectivity index (χ4n) is 0.672. The molecule has 0 saturated carbocycles. The van der Waals surface area contributed by atoms with Gasteiger partial charge in [-0.1, -0.05) is 0 Å². The van der Waals surface area contributed by atoms with Gasteiger partial charge in [0.2, 0.25) is 0 Å². The van der Waals surface area contributed by atoms with Gasteiger partial charge in [-0.2, -0.15) is 0 Å². The van der Waals surface area contributed by atoms with Crippen LogP contribution in [0.4, 0.5) is 0 Å². The van der Waals surface area contributed by atoms with E-state index in [1.165, 1.54) is 7.11 Å². The van der Waals surface area contributed by atoms with Crippen LogP contribution in [0, 0.1) is 6.61 Å². The molecule has 1 radical (unpaired) electrons. The summed E-state index contributed by atoms with van der Waals surface area (Å²) in [4.78, 5) is 3.84. The van der Waals surface area contributed by atoms with Crippen LogP contribution in [0.3, 0.4) is 0 Å². The van der Waals surface area contributed by atoms with Gasteiger partial charge >= 0.3 is 0 Å². The van der Waals surface area contributed by atoms with Crippen molar-refractivity contribution in [3.63, 3.8) is 0 Å². The van der Waals surface area contributed by atoms with Crippen molar-refractivity contribution in [2.24, 2.45) is 0 Å². The summed E-state index contributed by atoms with van der Waals surface area (Å²) >= 11 is 0. The maximum Gasteiger partial charge on any atom is 0.143 e. The SMILES string of the molecule is COc1cccnc1[CH]O. The minimum atomic E-state index is 0.449. The molecule has 10 heavy (non-hydrogen) atoms. The third-order valence-electron chi connectivity index (χ3n) is 1.14. The summed E-state index contributed by atoms with van der Waals surface area (Å²) in [5.74, 6) is 0.574. The molecule has 3 heteroatoms. The Morgan fingerprint density at radius 2 is 2.50 bits per heavy atom. The highest BCUT2D eigenvalue weighted by molar-refractivity contribution is 5.29. The van der Waals surface area contributed by atoms with Crippen LogP contribution in [0.15, 0.2) is 18.3 Å². The molecule has 1 heterocycles. The van der Waals surface area contributed by atoms with Crippen LogP contribution < -0.4 is 4.74 Å². The largest absolute Gasteiger partial charge is 0.495 e. The van der Waals surface area contributed by atoms with Crippen LogP contribution in [0.2, 0.25) is 0 Å². The Bertz CT molecular complexity index is 190. The lowest BCUT2D eigenvalue weighted by Crippen LogP contribution is -1.92. The van der Waals surface area contributed by atoms with Crippen molar-refractivity contribution in [1.82, 2.24) is 4.98 Å². The van der Waals surface area contributed by atoms with Crippen LogP contribution >= 0.6 is 0 Å². The number of hydrogen-bond donors (Lipinski definition) is 1. The summed E-state index contributed by atoms with van der Waals surface area (Å²) in [5, 5.41) is 8.58. The standard InChI is InChI=1S/C7H8NO2/c1-10-7-3-2-4-8-6(7)5-9/h2-5,9H,1H3. The van der Waals surface area contributed by atoms with Gasteiger partial charge in [0.05, 0.1) is 7.11 Å². The van der Waals surface area contributed by atoms with Crippen LogP contribution in [0.25, 0.3) is 0 Å². The van der Waals surface area contributed by atoms with Crippen LogP contribution in [0.1, 0.15) is 5.69 Å². The summed E-state index contributed by atoms with van der Waals surface area (Å²) in [6.45, 7) is 0.916. The molecule has 0 saturated heterocycles. The normalized spacial score (nSPS) is 9.40. The monoisotopic (exact) mass is 138 g/mol. The van der Waals surface area contributed by atoms with E-state index in [-0.39, 0.29) is 0 Å². The molecular weight excluding hydrogens is 130 g/mol. The predicted octanol–water partition coefficient (Wildman–Crippen LogP) is 0.973. The maximum absolute atomic E-state index is 8.58. The van der Waals surface area contributed by atoms with Gasteiger partial charge in [-0.05, 0) is 12.1 Å². The second-order valence-corrected chi connectivity index (χ2v) is 1.72. The van der Waals surface area contributed by atoms with E-state index in [2.05, 4.69) is 4.98 Å². The molecule has 0 bridgehead atoms. The van der Waals surface area contributed by atoms with Crippen LogP contribution in [-0.2, 0) is 0 Å². The first-order valence-electron chi connectivity index (χ1n) is 2.85. The van der Waals surface area contributed by atoms with E-state index in [0.29, 0.717) is 11.4 Å². The van der Waals surface area contributed by atoms with Gasteiger partial charge in [-0.25, -0.2) is 0 Å². The zero-order valence-corrected chi connectivity index (χ0v) is 5.61. The smallest absolute Gasteiger partial charge is 0.143 e. The second kappa shape index (κ2) is 3.17. The molecule has 0 unspecified atom stereocenters. The lowest BCUT2D eigenvalue weighted by atomic mass is 10.3. The number of aliphatic hydroxyl groups excluding tert-OH is 1. The lowest BCUT2D eigenvalue weighted by Gasteiger charge is -2.01. The molecular formula is C7H8NO2. The van der Waals surface area contributed by atoms with Crippen LogP contribution in [-0.4, -0.2) is 17.2 Å². The van der Waals surface area contributed by atoms with E-state index in [4.69, 9.17) is 9.84 Å². The fraction of sp³-hybridized carbons (Fsp3) is 0.143. The summed E-state index contributed by atoms with van der Waals surface area (Å²) in [6, 6.07) is 3.47. The number of rotatable bonds is 2. The van der Waals surface area contributed by atoms with Crippen molar-refractivity contribution in [2.75, 3.05) is 7.11 Å². The summed E-state index contributed by atoms with van der Waals surface area (Å²) in [6.07, 6.45) is 1.59. The number of ether oxygens (including phenoxy) is 1. The van der Waals surface area contributed by atoms with Crippen molar-refractivity contribution >= 4 is 0 Å². The molecule has 0 aliphatic heterocycles. The molecule has 0 aliphatic rings. The Morgan fingerprint density at radius 3 is 3.00 bits per heavy atom. The Kier molecular flexibility index (Phi) is 2.23. The highest BCUT2D eigenvalue weighted by atomic mass is 16.5. The van der Waals surface area contributed by atoms with Gasteiger partial charge in [0.1, 0.15) is 18.1 Å². The van der Waals surface area contributed by atoms with E-state index < -0.39 is 0 Å². The fourth-order valence-corrected chi connectivity index (χ4v) is 0.672. The first kappa shape index (κ1) is 7.02. The van der Waals surface area contributed by atoms with Gasteiger partial charge < -0.3 is 9.84 Å². The summed E-state index contributed by atoms with van der Waals surface area (Å²) < 4.78 is 4.88. The molecule has 0 fully saturated rings. The first-order chi connectivity index (χ1) is 4.88. The zero-order valence-electron chi connectivity index (χ0n) is 5.61. The molecule has 0 aromatic carbocycles. The number of aliphatic hydroxyl groups is 1. The highest BCUT2D eigenvalue weighted by Crippen LogP contribution is 2.14. The van der Waals surface area contributed by atoms with Crippen molar-refractivity contribution in [3.05, 3.63) is 30.6 Å². The molecule has 0 atom stereocenters. The van der Waals surface area contributed by atoms with Gasteiger partial charge in [-0.15, -0.1) is 0 Å². The van der Waals surface area contributed by atoms with E-state index in [1.807, 2.05) is 0 Å². The van der Waals surface area contributed by atoms with Crippen molar-refractivity contribution in [1.29, 1.82) is 0 Å². The van der Waals surface area contributed by atoms with Crippen molar-refractivity contribution in [3.8, 4) is 5.75 Å². The quantitative estimate of drug-likeness (QED) is 0.662. The molecule has 0 spiro atoms. The van der Waals surface area contributed by atoms with E-state index in [9.17, 15) is 0 Å². The number of aromatic nitrogens is 1. The maximum atomic E-state index is 8.58. The topological polar surface area (TPSA) is 42.4 Å². The van der Waals surface area contributed by atoms with Crippen molar-refractivity contribution in [2.45, 2.75) is 0 Å². The minimum absolute atomic E-state index is 0.449. The third kappa shape index (κ3) is 1.25. The molecule has 1 aromatic rings. The Morgan fingerprint density at radius 1 is 1.70 bits per heavy atom. The molecule has 3 nitrogen and oxygen atoms in total. The predicted molar refractivity (Wildman–Crippen MR) is 36.1 cm³/mol. The summed E-state index contributed by atoms with van der Waals surface area (Å²) in [5.41, 5.74) is 0.449. The van der Waals surface area contributed by atoms with E-state index >= 15 is 0 Å². The number of pyridine rings is 1. The average molecular weight is 138 g/mol. The Balaban J connectivity index is 2.96. The molecule has 1 aromatic heterocycles. The minimum Gasteiger partial charge on any atom is -0.495 e. The van der Waals surface area contributed by atoms with Gasteiger partial charge in [0.15, 0.2) is 0 Å². The van der Waals surface area contributed by atoms with E-state index in [0.717, 1.165) is 6.61 Å². The highest BCUT2D eigenvalue weighted by Gasteiger charge is 1.99. The Labute approximate surface area is 59.3 Å². The van der Waals surface area contributed by atoms with Gasteiger partial charge in [0, 0.05) is 6.20 Å². The van der Waals surface area contributed by atoms with Crippen molar-refractivity contribution < 1.29 is 9.84 Å².